The molecule has 1 aliphatic rings. The first kappa shape index (κ1) is 14.8. The van der Waals surface area contributed by atoms with Crippen LogP contribution < -0.4 is 10.4 Å². The van der Waals surface area contributed by atoms with Gasteiger partial charge in [-0.15, -0.1) is 5.10 Å². The van der Waals surface area contributed by atoms with Crippen LogP contribution in [0, 0.1) is 5.82 Å². The number of Topliss-reactive ketones (excluding diaryl/α,β-unsaturated/α-hetero) is 1. The minimum atomic E-state index is -0.576. The Bertz CT molecular complexity index is 767. The Morgan fingerprint density at radius 3 is 2.95 bits per heavy atom. The van der Waals surface area contributed by atoms with E-state index >= 15 is 0 Å². The topological polar surface area (TPSA) is 77.0 Å². The number of nitrogens with zero attached hydrogens (tertiary/aromatic N) is 2. The van der Waals surface area contributed by atoms with E-state index in [-0.39, 0.29) is 34.6 Å². The average molecular weight is 323 g/mol. The molecular formula is C14H14FN3O3S. The van der Waals surface area contributed by atoms with E-state index in [9.17, 15) is 14.0 Å². The maximum absolute atomic E-state index is 13.6. The molecule has 0 aliphatic heterocycles. The van der Waals surface area contributed by atoms with Crippen LogP contribution in [0.5, 0.6) is 5.75 Å². The number of H-pyrrole nitrogens is 1. The summed E-state index contributed by atoms with van der Waals surface area (Å²) in [4.78, 5) is 23.8. The molecule has 0 atom stereocenters. The van der Waals surface area contributed by atoms with Gasteiger partial charge in [0.1, 0.15) is 0 Å². The molecule has 1 fully saturated rings. The van der Waals surface area contributed by atoms with Gasteiger partial charge in [0.2, 0.25) is 0 Å². The Kier molecular flexibility index (Phi) is 4.02. The van der Waals surface area contributed by atoms with Crippen molar-refractivity contribution in [2.75, 3.05) is 12.9 Å². The van der Waals surface area contributed by atoms with Gasteiger partial charge in [0.25, 0.3) is 0 Å². The Labute approximate surface area is 129 Å². The van der Waals surface area contributed by atoms with Crippen molar-refractivity contribution in [3.05, 3.63) is 40.1 Å². The zero-order valence-corrected chi connectivity index (χ0v) is 12.7. The second-order valence-electron chi connectivity index (χ2n) is 4.97. The molecule has 1 heterocycles. The second kappa shape index (κ2) is 5.96. The maximum Gasteiger partial charge on any atom is 0.344 e. The first-order valence-electron chi connectivity index (χ1n) is 6.76. The molecule has 0 radical (unpaired) electrons. The third-order valence-electron chi connectivity index (χ3n) is 3.39. The summed E-state index contributed by atoms with van der Waals surface area (Å²) in [5.74, 6) is -0.626. The fraction of sp³-hybridized carbons (Fsp3) is 0.357. The summed E-state index contributed by atoms with van der Waals surface area (Å²) in [5.41, 5.74) is 0.00888. The van der Waals surface area contributed by atoms with Gasteiger partial charge in [0.05, 0.1) is 12.9 Å². The van der Waals surface area contributed by atoms with Crippen molar-refractivity contribution in [1.82, 2.24) is 14.8 Å². The van der Waals surface area contributed by atoms with Crippen LogP contribution in [-0.2, 0) is 0 Å². The first-order chi connectivity index (χ1) is 10.6. The highest BCUT2D eigenvalue weighted by Crippen LogP contribution is 2.36. The molecule has 0 saturated heterocycles. The van der Waals surface area contributed by atoms with E-state index < -0.39 is 5.82 Å². The van der Waals surface area contributed by atoms with Crippen molar-refractivity contribution in [2.24, 2.45) is 0 Å². The Hall–Kier alpha value is -2.09. The lowest BCUT2D eigenvalue weighted by Crippen LogP contribution is -2.16. The molecule has 1 aromatic heterocycles. The molecular weight excluding hydrogens is 309 g/mol. The molecule has 0 spiro atoms. The number of carbonyl (C=O) groups excluding carboxylic acids is 1. The minimum Gasteiger partial charge on any atom is -0.494 e. The molecule has 6 nitrogen and oxygen atoms in total. The fourth-order valence-corrected chi connectivity index (χ4v) is 3.01. The van der Waals surface area contributed by atoms with E-state index in [2.05, 4.69) is 10.2 Å². The third-order valence-corrected chi connectivity index (χ3v) is 4.34. The summed E-state index contributed by atoms with van der Waals surface area (Å²) < 4.78 is 20.0. The number of aromatic amines is 1. The molecule has 0 unspecified atom stereocenters. The molecule has 3 rings (SSSR count). The van der Waals surface area contributed by atoms with Gasteiger partial charge in [-0.05, 0) is 31.0 Å². The molecule has 22 heavy (non-hydrogen) atoms. The Morgan fingerprint density at radius 2 is 2.32 bits per heavy atom. The predicted octanol–water partition coefficient (Wildman–Crippen LogP) is 2.03. The summed E-state index contributed by atoms with van der Waals surface area (Å²) in [6.45, 7) is 0. The fourth-order valence-electron chi connectivity index (χ4n) is 2.10. The number of methoxy groups -OCH3 is 1. The lowest BCUT2D eigenvalue weighted by molar-refractivity contribution is 0.102. The monoisotopic (exact) mass is 323 g/mol. The predicted molar refractivity (Wildman–Crippen MR) is 79.1 cm³/mol. The minimum absolute atomic E-state index is 0.0861. The highest BCUT2D eigenvalue weighted by Gasteiger charge is 2.28. The van der Waals surface area contributed by atoms with Gasteiger partial charge in [0, 0.05) is 11.6 Å². The van der Waals surface area contributed by atoms with Crippen LogP contribution in [0.2, 0.25) is 0 Å². The normalized spacial score (nSPS) is 14.1. The zero-order valence-electron chi connectivity index (χ0n) is 11.8. The first-order valence-corrected chi connectivity index (χ1v) is 7.75. The highest BCUT2D eigenvalue weighted by molar-refractivity contribution is 7.99. The van der Waals surface area contributed by atoms with E-state index in [0.29, 0.717) is 5.16 Å². The summed E-state index contributed by atoms with van der Waals surface area (Å²) in [6, 6.07) is 4.27. The van der Waals surface area contributed by atoms with Crippen molar-refractivity contribution in [1.29, 1.82) is 0 Å². The summed E-state index contributed by atoms with van der Waals surface area (Å²) >= 11 is 1.17. The number of carbonyl (C=O) groups is 1. The van der Waals surface area contributed by atoms with Gasteiger partial charge in [-0.1, -0.05) is 11.8 Å². The van der Waals surface area contributed by atoms with E-state index in [1.807, 2.05) is 0 Å². The highest BCUT2D eigenvalue weighted by atomic mass is 32.2. The van der Waals surface area contributed by atoms with Crippen molar-refractivity contribution < 1.29 is 13.9 Å². The number of aromatic nitrogens is 3. The van der Waals surface area contributed by atoms with Gasteiger partial charge in [0.15, 0.2) is 22.5 Å². The smallest absolute Gasteiger partial charge is 0.344 e. The largest absolute Gasteiger partial charge is 0.494 e. The van der Waals surface area contributed by atoms with Crippen molar-refractivity contribution in [2.45, 2.75) is 24.0 Å². The number of nitrogens with one attached hydrogen (secondary N) is 1. The number of halogens is 1. The van der Waals surface area contributed by atoms with E-state index in [1.54, 1.807) is 4.57 Å². The quantitative estimate of drug-likeness (QED) is 0.650. The number of ketones is 1. The molecule has 1 aromatic carbocycles. The molecule has 0 amide bonds. The van der Waals surface area contributed by atoms with E-state index in [4.69, 9.17) is 4.74 Å². The average Bonchev–Trinajstić information content (AvgIpc) is 3.28. The summed E-state index contributed by atoms with van der Waals surface area (Å²) in [7, 11) is 1.37. The number of rotatable bonds is 6. The number of benzene rings is 1. The maximum atomic E-state index is 13.6. The molecule has 116 valence electrons. The number of hydrogen-bond acceptors (Lipinski definition) is 5. The van der Waals surface area contributed by atoms with Crippen LogP contribution in [-0.4, -0.2) is 33.4 Å². The lowest BCUT2D eigenvalue weighted by Gasteiger charge is -2.05. The Morgan fingerprint density at radius 1 is 1.55 bits per heavy atom. The Balaban J connectivity index is 1.70. The van der Waals surface area contributed by atoms with Gasteiger partial charge in [-0.3, -0.25) is 9.36 Å². The van der Waals surface area contributed by atoms with Gasteiger partial charge in [-0.2, -0.15) is 0 Å². The summed E-state index contributed by atoms with van der Waals surface area (Å²) in [5, 5.41) is 6.82. The van der Waals surface area contributed by atoms with E-state index in [0.717, 1.165) is 18.9 Å². The van der Waals surface area contributed by atoms with Crippen molar-refractivity contribution >= 4 is 17.5 Å². The molecule has 0 bridgehead atoms. The molecule has 1 N–H and O–H groups in total. The van der Waals surface area contributed by atoms with Crippen molar-refractivity contribution in [3.63, 3.8) is 0 Å². The van der Waals surface area contributed by atoms with E-state index in [1.165, 1.54) is 31.0 Å². The standard InChI is InChI=1S/C14H14FN3O3S/c1-21-12-5-2-8(6-10(12)15)11(19)7-22-14-17-16-13(20)18(14)9-3-4-9/h2,5-6,9H,3-4,7H2,1H3,(H,16,20). The van der Waals surface area contributed by atoms with Crippen molar-refractivity contribution in [3.8, 4) is 5.75 Å². The molecule has 1 saturated carbocycles. The lowest BCUT2D eigenvalue weighted by atomic mass is 10.1. The van der Waals surface area contributed by atoms with Crippen LogP contribution in [0.25, 0.3) is 0 Å². The molecule has 1 aliphatic carbocycles. The van der Waals surface area contributed by atoms with Crippen LogP contribution in [0.1, 0.15) is 29.2 Å². The SMILES string of the molecule is COc1ccc(C(=O)CSc2n[nH]c(=O)n2C2CC2)cc1F. The van der Waals surface area contributed by atoms with Gasteiger partial charge >= 0.3 is 5.69 Å². The zero-order chi connectivity index (χ0) is 15.7. The van der Waals surface area contributed by atoms with Crippen LogP contribution in [0.4, 0.5) is 4.39 Å². The number of ether oxygens (including phenoxy) is 1. The number of hydrogen-bond donors (Lipinski definition) is 1. The van der Waals surface area contributed by atoms with Gasteiger partial charge < -0.3 is 4.74 Å². The van der Waals surface area contributed by atoms with Crippen LogP contribution >= 0.6 is 11.8 Å². The van der Waals surface area contributed by atoms with Gasteiger partial charge in [-0.25, -0.2) is 14.3 Å². The molecule has 2 aromatic rings. The van der Waals surface area contributed by atoms with Crippen LogP contribution in [0.15, 0.2) is 28.2 Å². The third kappa shape index (κ3) is 2.92. The van der Waals surface area contributed by atoms with Crippen LogP contribution in [0.3, 0.4) is 0 Å². The summed E-state index contributed by atoms with van der Waals surface area (Å²) in [6.07, 6.45) is 1.90. The number of thioether (sulfide) groups is 1. The molecule has 8 heteroatoms. The second-order valence-corrected chi connectivity index (χ2v) is 5.92.